The first-order chi connectivity index (χ1) is 9.33. The van der Waals surface area contributed by atoms with E-state index in [9.17, 15) is 4.79 Å². The van der Waals surface area contributed by atoms with Crippen molar-refractivity contribution in [2.75, 3.05) is 19.7 Å². The van der Waals surface area contributed by atoms with Gasteiger partial charge in [-0.1, -0.05) is 11.8 Å². The molecule has 1 aliphatic heterocycles. The number of carbonyl (C=O) groups excluding carboxylic acids is 1. The molecule has 0 bridgehead atoms. The summed E-state index contributed by atoms with van der Waals surface area (Å²) in [5, 5.41) is 8.73. The number of hydrogen-bond donors (Lipinski definition) is 1. The van der Waals surface area contributed by atoms with Crippen molar-refractivity contribution in [3.63, 3.8) is 0 Å². The van der Waals surface area contributed by atoms with E-state index in [0.29, 0.717) is 17.5 Å². The highest BCUT2D eigenvalue weighted by atomic mass is 16.2. The summed E-state index contributed by atoms with van der Waals surface area (Å²) in [6.07, 6.45) is 6.98. The quantitative estimate of drug-likeness (QED) is 0.817. The van der Waals surface area contributed by atoms with Crippen LogP contribution >= 0.6 is 0 Å². The van der Waals surface area contributed by atoms with Gasteiger partial charge in [-0.05, 0) is 25.3 Å². The number of pyridine rings is 1. The number of aliphatic hydroxyl groups excluding tert-OH is 1. The van der Waals surface area contributed by atoms with Gasteiger partial charge in [0.25, 0.3) is 5.91 Å². The fraction of sp³-hybridized carbons (Fsp3) is 0.467. The van der Waals surface area contributed by atoms with Gasteiger partial charge in [0.15, 0.2) is 0 Å². The van der Waals surface area contributed by atoms with Crippen LogP contribution in [0.15, 0.2) is 18.5 Å². The Morgan fingerprint density at radius 1 is 1.37 bits per heavy atom. The maximum Gasteiger partial charge on any atom is 0.255 e. The number of aromatic nitrogens is 1. The van der Waals surface area contributed by atoms with Gasteiger partial charge in [-0.3, -0.25) is 9.78 Å². The number of rotatable bonds is 2. The lowest BCUT2D eigenvalue weighted by atomic mass is 10.1. The lowest BCUT2D eigenvalue weighted by Crippen LogP contribution is -2.36. The van der Waals surface area contributed by atoms with Crippen molar-refractivity contribution in [3.8, 4) is 11.8 Å². The summed E-state index contributed by atoms with van der Waals surface area (Å²) < 4.78 is 0. The molecule has 0 radical (unpaired) electrons. The highest BCUT2D eigenvalue weighted by Crippen LogP contribution is 2.15. The summed E-state index contributed by atoms with van der Waals surface area (Å²) in [7, 11) is 0. The molecule has 1 fully saturated rings. The van der Waals surface area contributed by atoms with E-state index < -0.39 is 0 Å². The van der Waals surface area contributed by atoms with E-state index in [4.69, 9.17) is 5.11 Å². The molecule has 0 spiro atoms. The third-order valence-electron chi connectivity index (χ3n) is 3.15. The number of aliphatic hydroxyl groups is 1. The van der Waals surface area contributed by atoms with E-state index in [1.165, 1.54) is 6.42 Å². The molecule has 1 N–H and O–H groups in total. The van der Waals surface area contributed by atoms with E-state index in [1.54, 1.807) is 18.5 Å². The Hall–Kier alpha value is -1.86. The van der Waals surface area contributed by atoms with Crippen LogP contribution in [0.3, 0.4) is 0 Å². The Kier molecular flexibility index (Phi) is 4.93. The molecule has 1 saturated heterocycles. The molecule has 4 heteroatoms. The summed E-state index contributed by atoms with van der Waals surface area (Å²) in [6, 6.07) is 1.72. The second-order valence-electron chi connectivity index (χ2n) is 4.55. The van der Waals surface area contributed by atoms with Gasteiger partial charge in [0, 0.05) is 31.9 Å². The molecule has 1 amide bonds. The summed E-state index contributed by atoms with van der Waals surface area (Å²) in [5.41, 5.74) is 1.26. The van der Waals surface area contributed by atoms with Crippen LogP contribution in [0.2, 0.25) is 0 Å². The number of hydrogen-bond acceptors (Lipinski definition) is 3. The maximum absolute atomic E-state index is 12.4. The van der Waals surface area contributed by atoms with Gasteiger partial charge in [0.2, 0.25) is 0 Å². The van der Waals surface area contributed by atoms with Crippen LogP contribution in [0.25, 0.3) is 0 Å². The SMILES string of the molecule is O=C(c1ccncc1C#CCCO)N1CCCCC1. The zero-order chi connectivity index (χ0) is 13.5. The molecule has 4 nitrogen and oxygen atoms in total. The van der Waals surface area contributed by atoms with Crippen molar-refractivity contribution >= 4 is 5.91 Å². The summed E-state index contributed by atoms with van der Waals surface area (Å²) >= 11 is 0. The molecule has 1 aliphatic rings. The van der Waals surface area contributed by atoms with E-state index in [1.807, 2.05) is 4.90 Å². The highest BCUT2D eigenvalue weighted by Gasteiger charge is 2.19. The Morgan fingerprint density at radius 3 is 2.89 bits per heavy atom. The molecule has 0 aliphatic carbocycles. The van der Waals surface area contributed by atoms with Crippen LogP contribution in [0.5, 0.6) is 0 Å². The molecule has 2 heterocycles. The predicted molar refractivity (Wildman–Crippen MR) is 72.6 cm³/mol. The van der Waals surface area contributed by atoms with Crippen molar-refractivity contribution in [1.82, 2.24) is 9.88 Å². The maximum atomic E-state index is 12.4. The van der Waals surface area contributed by atoms with E-state index >= 15 is 0 Å². The van der Waals surface area contributed by atoms with Crippen LogP contribution in [-0.2, 0) is 0 Å². The number of amides is 1. The third kappa shape index (κ3) is 3.55. The van der Waals surface area contributed by atoms with Crippen LogP contribution in [0.1, 0.15) is 41.6 Å². The van der Waals surface area contributed by atoms with Crippen molar-refractivity contribution in [3.05, 3.63) is 29.6 Å². The molecule has 1 aromatic heterocycles. The fourth-order valence-electron chi connectivity index (χ4n) is 2.16. The fourth-order valence-corrected chi connectivity index (χ4v) is 2.16. The Balaban J connectivity index is 2.19. The number of piperidine rings is 1. The molecule has 1 aromatic rings. The molecular formula is C15H18N2O2. The lowest BCUT2D eigenvalue weighted by molar-refractivity contribution is 0.0724. The van der Waals surface area contributed by atoms with E-state index in [2.05, 4.69) is 16.8 Å². The Labute approximate surface area is 113 Å². The third-order valence-corrected chi connectivity index (χ3v) is 3.15. The average molecular weight is 258 g/mol. The van der Waals surface area contributed by atoms with Gasteiger partial charge >= 0.3 is 0 Å². The molecular weight excluding hydrogens is 240 g/mol. The van der Waals surface area contributed by atoms with E-state index in [0.717, 1.165) is 25.9 Å². The van der Waals surface area contributed by atoms with Gasteiger partial charge in [0.05, 0.1) is 17.7 Å². The topological polar surface area (TPSA) is 53.4 Å². The molecule has 0 aromatic carbocycles. The van der Waals surface area contributed by atoms with Gasteiger partial charge in [-0.25, -0.2) is 0 Å². The lowest BCUT2D eigenvalue weighted by Gasteiger charge is -2.27. The molecule has 100 valence electrons. The zero-order valence-electron chi connectivity index (χ0n) is 10.9. The van der Waals surface area contributed by atoms with Gasteiger partial charge < -0.3 is 10.0 Å². The molecule has 0 unspecified atom stereocenters. The standard InChI is InChI=1S/C15H18N2O2/c18-11-5-2-6-13-12-16-8-7-14(13)15(19)17-9-3-1-4-10-17/h7-8,12,18H,1,3-5,9-11H2. The van der Waals surface area contributed by atoms with Crippen LogP contribution in [0.4, 0.5) is 0 Å². The van der Waals surface area contributed by atoms with Gasteiger partial charge in [-0.2, -0.15) is 0 Å². The van der Waals surface area contributed by atoms with Crippen molar-refractivity contribution in [2.24, 2.45) is 0 Å². The minimum atomic E-state index is 0.0304. The number of carbonyl (C=O) groups is 1. The van der Waals surface area contributed by atoms with Crippen LogP contribution in [-0.4, -0.2) is 40.6 Å². The average Bonchev–Trinajstić information content (AvgIpc) is 2.48. The summed E-state index contributed by atoms with van der Waals surface area (Å²) in [5.74, 6) is 5.79. The molecule has 19 heavy (non-hydrogen) atoms. The highest BCUT2D eigenvalue weighted by molar-refractivity contribution is 5.96. The normalized spacial score (nSPS) is 14.7. The first-order valence-electron chi connectivity index (χ1n) is 6.66. The number of likely N-dealkylation sites (tertiary alicyclic amines) is 1. The van der Waals surface area contributed by atoms with Crippen LogP contribution < -0.4 is 0 Å². The summed E-state index contributed by atoms with van der Waals surface area (Å²) in [4.78, 5) is 18.3. The predicted octanol–water partition coefficient (Wildman–Crippen LogP) is 1.44. The first kappa shape index (κ1) is 13.6. The molecule has 2 rings (SSSR count). The zero-order valence-corrected chi connectivity index (χ0v) is 10.9. The monoisotopic (exact) mass is 258 g/mol. The smallest absolute Gasteiger partial charge is 0.255 e. The second kappa shape index (κ2) is 6.91. The minimum Gasteiger partial charge on any atom is -0.395 e. The first-order valence-corrected chi connectivity index (χ1v) is 6.66. The second-order valence-corrected chi connectivity index (χ2v) is 4.55. The molecule has 0 atom stereocenters. The number of nitrogens with zero attached hydrogens (tertiary/aromatic N) is 2. The van der Waals surface area contributed by atoms with Crippen molar-refractivity contribution in [2.45, 2.75) is 25.7 Å². The molecule has 0 saturated carbocycles. The van der Waals surface area contributed by atoms with Crippen molar-refractivity contribution < 1.29 is 9.90 Å². The van der Waals surface area contributed by atoms with Gasteiger partial charge in [0.1, 0.15) is 0 Å². The van der Waals surface area contributed by atoms with E-state index in [-0.39, 0.29) is 12.5 Å². The van der Waals surface area contributed by atoms with Crippen LogP contribution in [0, 0.1) is 11.8 Å². The minimum absolute atomic E-state index is 0.0304. The Morgan fingerprint density at radius 2 is 2.16 bits per heavy atom. The van der Waals surface area contributed by atoms with Crippen molar-refractivity contribution in [1.29, 1.82) is 0 Å². The largest absolute Gasteiger partial charge is 0.395 e. The van der Waals surface area contributed by atoms with Gasteiger partial charge in [-0.15, -0.1) is 0 Å². The summed E-state index contributed by atoms with van der Waals surface area (Å²) in [6.45, 7) is 1.68. The Bertz CT molecular complexity index is 496.